The van der Waals surface area contributed by atoms with Gasteiger partial charge in [0.15, 0.2) is 0 Å². The second-order valence-corrected chi connectivity index (χ2v) is 7.21. The third-order valence-corrected chi connectivity index (χ3v) is 5.52. The summed E-state index contributed by atoms with van der Waals surface area (Å²) in [6, 6.07) is 2.31. The van der Waals surface area contributed by atoms with E-state index in [0.717, 1.165) is 24.7 Å². The molecule has 1 N–H and O–H groups in total. The average molecular weight is 302 g/mol. The molecule has 2 atom stereocenters. The number of aromatic nitrogens is 1. The highest BCUT2D eigenvalue weighted by atomic mass is 35.5. The summed E-state index contributed by atoms with van der Waals surface area (Å²) in [5, 5.41) is 4.91. The topological polar surface area (TPSA) is 28.2 Å². The molecule has 2 fully saturated rings. The molecule has 108 valence electrons. The largest absolute Gasteiger partial charge is 0.311 e. The smallest absolute Gasteiger partial charge is 0.0900 e. The molecule has 0 aliphatic carbocycles. The summed E-state index contributed by atoms with van der Waals surface area (Å²) in [4.78, 5) is 8.52. The summed E-state index contributed by atoms with van der Waals surface area (Å²) < 4.78 is 0. The molecule has 2 aliphatic rings. The van der Waals surface area contributed by atoms with Crippen LogP contribution in [0.15, 0.2) is 0 Å². The minimum atomic E-state index is 0. The molecule has 19 heavy (non-hydrogen) atoms. The molecule has 1 aromatic rings. The van der Waals surface area contributed by atoms with Crippen LogP contribution in [-0.2, 0) is 6.54 Å². The third-order valence-electron chi connectivity index (χ3n) is 4.46. The van der Waals surface area contributed by atoms with Crippen molar-refractivity contribution in [1.82, 2.24) is 15.2 Å². The molecule has 0 amide bonds. The summed E-state index contributed by atoms with van der Waals surface area (Å²) in [6.07, 6.45) is 5.41. The predicted molar refractivity (Wildman–Crippen MR) is 83.3 cm³/mol. The number of thiazole rings is 1. The fourth-order valence-electron chi connectivity index (χ4n) is 3.46. The molecular formula is C14H24ClN3S. The van der Waals surface area contributed by atoms with E-state index in [-0.39, 0.29) is 12.4 Å². The van der Waals surface area contributed by atoms with E-state index in [1.54, 1.807) is 0 Å². The van der Waals surface area contributed by atoms with Gasteiger partial charge in [0.1, 0.15) is 0 Å². The van der Waals surface area contributed by atoms with Gasteiger partial charge in [-0.3, -0.25) is 4.90 Å². The minimum absolute atomic E-state index is 0. The van der Waals surface area contributed by atoms with Crippen molar-refractivity contribution in [3.05, 3.63) is 15.6 Å². The molecule has 3 rings (SSSR count). The van der Waals surface area contributed by atoms with Gasteiger partial charge in [-0.05, 0) is 46.6 Å². The zero-order chi connectivity index (χ0) is 12.7. The first kappa shape index (κ1) is 15.2. The molecule has 0 aromatic carbocycles. The standard InChI is InChI=1S/C14H23N3S.ClH/c1-9-14(18-10(2)15-9)8-17(3)13-6-11-4-5-12(7-13)16-11;/h11-13,16H,4-8H2,1-3H3;1H. The van der Waals surface area contributed by atoms with Crippen molar-refractivity contribution in [1.29, 1.82) is 0 Å². The van der Waals surface area contributed by atoms with Crippen LogP contribution >= 0.6 is 23.7 Å². The zero-order valence-electron chi connectivity index (χ0n) is 12.0. The SMILES string of the molecule is Cc1nc(C)c(CN(C)C2CC3CCC(C2)N3)s1.Cl. The van der Waals surface area contributed by atoms with Crippen LogP contribution in [0.1, 0.15) is 41.3 Å². The summed E-state index contributed by atoms with van der Waals surface area (Å²) in [5.74, 6) is 0. The Bertz CT molecular complexity index is 422. The molecular weight excluding hydrogens is 278 g/mol. The van der Waals surface area contributed by atoms with Crippen LogP contribution in [0, 0.1) is 13.8 Å². The maximum absolute atomic E-state index is 4.53. The Balaban J connectivity index is 0.00000133. The van der Waals surface area contributed by atoms with Crippen molar-refractivity contribution in [2.75, 3.05) is 7.05 Å². The normalized spacial score (nSPS) is 29.6. The summed E-state index contributed by atoms with van der Waals surface area (Å²) in [7, 11) is 2.28. The Morgan fingerprint density at radius 3 is 2.42 bits per heavy atom. The summed E-state index contributed by atoms with van der Waals surface area (Å²) in [5.41, 5.74) is 1.22. The molecule has 2 unspecified atom stereocenters. The van der Waals surface area contributed by atoms with Gasteiger partial charge < -0.3 is 5.32 Å². The Kier molecular flexibility index (Phi) is 4.88. The van der Waals surface area contributed by atoms with Crippen LogP contribution in [0.2, 0.25) is 0 Å². The third kappa shape index (κ3) is 3.30. The maximum atomic E-state index is 4.53. The highest BCUT2D eigenvalue weighted by Crippen LogP contribution is 2.30. The predicted octanol–water partition coefficient (Wildman–Crippen LogP) is 2.90. The van der Waals surface area contributed by atoms with Gasteiger partial charge in [0, 0.05) is 29.5 Å². The molecule has 0 radical (unpaired) electrons. The molecule has 3 heterocycles. The molecule has 1 aromatic heterocycles. The molecule has 3 nitrogen and oxygen atoms in total. The van der Waals surface area contributed by atoms with Gasteiger partial charge in [0.2, 0.25) is 0 Å². The number of nitrogens with one attached hydrogen (secondary N) is 1. The van der Waals surface area contributed by atoms with E-state index in [1.807, 2.05) is 11.3 Å². The summed E-state index contributed by atoms with van der Waals surface area (Å²) >= 11 is 1.86. The van der Waals surface area contributed by atoms with Gasteiger partial charge in [-0.15, -0.1) is 23.7 Å². The van der Waals surface area contributed by atoms with Crippen molar-refractivity contribution >= 4 is 23.7 Å². The number of hydrogen-bond donors (Lipinski definition) is 1. The number of halogens is 1. The van der Waals surface area contributed by atoms with E-state index in [4.69, 9.17) is 0 Å². The van der Waals surface area contributed by atoms with Crippen molar-refractivity contribution < 1.29 is 0 Å². The van der Waals surface area contributed by atoms with Gasteiger partial charge in [0.25, 0.3) is 0 Å². The molecule has 2 aliphatic heterocycles. The lowest BCUT2D eigenvalue weighted by Gasteiger charge is -2.35. The van der Waals surface area contributed by atoms with Gasteiger partial charge in [0.05, 0.1) is 10.7 Å². The summed E-state index contributed by atoms with van der Waals surface area (Å²) in [6.45, 7) is 5.31. The zero-order valence-corrected chi connectivity index (χ0v) is 13.6. The van der Waals surface area contributed by atoms with E-state index >= 15 is 0 Å². The lowest BCUT2D eigenvalue weighted by atomic mass is 9.98. The number of aryl methyl sites for hydroxylation is 2. The van der Waals surface area contributed by atoms with Gasteiger partial charge in [-0.25, -0.2) is 4.98 Å². The Morgan fingerprint density at radius 1 is 1.26 bits per heavy atom. The first-order valence-electron chi connectivity index (χ1n) is 7.01. The Labute approximate surface area is 126 Å². The van der Waals surface area contributed by atoms with Gasteiger partial charge in [-0.1, -0.05) is 0 Å². The number of fused-ring (bicyclic) bond motifs is 2. The van der Waals surface area contributed by atoms with Crippen LogP contribution in [0.25, 0.3) is 0 Å². The van der Waals surface area contributed by atoms with Crippen molar-refractivity contribution in [2.24, 2.45) is 0 Å². The van der Waals surface area contributed by atoms with E-state index < -0.39 is 0 Å². The molecule has 2 bridgehead atoms. The number of piperidine rings is 1. The molecule has 0 spiro atoms. The second kappa shape index (κ2) is 6.08. The Morgan fingerprint density at radius 2 is 1.89 bits per heavy atom. The highest BCUT2D eigenvalue weighted by Gasteiger charge is 2.35. The second-order valence-electron chi connectivity index (χ2n) is 5.92. The molecule has 2 saturated heterocycles. The number of rotatable bonds is 3. The lowest BCUT2D eigenvalue weighted by molar-refractivity contribution is 0.167. The minimum Gasteiger partial charge on any atom is -0.311 e. The highest BCUT2D eigenvalue weighted by molar-refractivity contribution is 7.11. The number of nitrogens with zero attached hydrogens (tertiary/aromatic N) is 2. The maximum Gasteiger partial charge on any atom is 0.0900 e. The quantitative estimate of drug-likeness (QED) is 0.930. The van der Waals surface area contributed by atoms with Gasteiger partial charge in [-0.2, -0.15) is 0 Å². The monoisotopic (exact) mass is 301 g/mol. The van der Waals surface area contributed by atoms with Crippen molar-refractivity contribution in [3.63, 3.8) is 0 Å². The van der Waals surface area contributed by atoms with Crippen LogP contribution in [0.3, 0.4) is 0 Å². The van der Waals surface area contributed by atoms with Crippen molar-refractivity contribution in [3.8, 4) is 0 Å². The van der Waals surface area contributed by atoms with Crippen LogP contribution in [0.5, 0.6) is 0 Å². The first-order valence-corrected chi connectivity index (χ1v) is 7.82. The first-order chi connectivity index (χ1) is 8.61. The average Bonchev–Trinajstić information content (AvgIpc) is 2.82. The molecule has 5 heteroatoms. The Hall–Kier alpha value is -0.160. The fraction of sp³-hybridized carbons (Fsp3) is 0.786. The lowest BCUT2D eigenvalue weighted by Crippen LogP contribution is -2.46. The fourth-order valence-corrected chi connectivity index (χ4v) is 4.46. The van der Waals surface area contributed by atoms with Crippen LogP contribution < -0.4 is 5.32 Å². The van der Waals surface area contributed by atoms with Crippen LogP contribution in [-0.4, -0.2) is 35.1 Å². The van der Waals surface area contributed by atoms with Crippen LogP contribution in [0.4, 0.5) is 0 Å². The van der Waals surface area contributed by atoms with E-state index in [1.165, 1.54) is 41.3 Å². The number of hydrogen-bond acceptors (Lipinski definition) is 4. The van der Waals surface area contributed by atoms with Crippen molar-refractivity contribution in [2.45, 2.75) is 64.2 Å². The molecule has 0 saturated carbocycles. The van der Waals surface area contributed by atoms with E-state index in [9.17, 15) is 0 Å². The van der Waals surface area contributed by atoms with Gasteiger partial charge >= 0.3 is 0 Å². The van der Waals surface area contributed by atoms with E-state index in [2.05, 4.69) is 36.1 Å². The van der Waals surface area contributed by atoms with E-state index in [0.29, 0.717) is 0 Å².